The van der Waals surface area contributed by atoms with E-state index in [4.69, 9.17) is 4.74 Å². The topological polar surface area (TPSA) is 135 Å². The Morgan fingerprint density at radius 3 is 2.35 bits per heavy atom. The second-order valence-electron chi connectivity index (χ2n) is 9.74. The number of ketones is 1. The van der Waals surface area contributed by atoms with Gasteiger partial charge in [0.25, 0.3) is 11.8 Å². The molecule has 0 saturated carbocycles. The molecule has 2 aromatic carbocycles. The van der Waals surface area contributed by atoms with Gasteiger partial charge >= 0.3 is 0 Å². The fourth-order valence-corrected chi connectivity index (χ4v) is 4.26. The zero-order valence-corrected chi connectivity index (χ0v) is 23.4. The number of nitrogens with one attached hydrogen (secondary N) is 3. The molecule has 1 saturated heterocycles. The third kappa shape index (κ3) is 7.54. The number of rotatable bonds is 10. The summed E-state index contributed by atoms with van der Waals surface area (Å²) in [6.07, 6.45) is 2.81. The van der Waals surface area contributed by atoms with Gasteiger partial charge in [-0.3, -0.25) is 14.4 Å². The number of halogens is 4. The lowest BCUT2D eigenvalue weighted by Gasteiger charge is -2.29. The van der Waals surface area contributed by atoms with Crippen LogP contribution in [0.5, 0.6) is 11.5 Å². The van der Waals surface area contributed by atoms with Gasteiger partial charge in [-0.05, 0) is 58.1 Å². The number of hydrogen-bond acceptors (Lipinski definition) is 9. The van der Waals surface area contributed by atoms with E-state index in [1.54, 1.807) is 12.1 Å². The van der Waals surface area contributed by atoms with E-state index in [1.807, 2.05) is 7.05 Å². The molecule has 0 aliphatic carbocycles. The molecule has 0 unspecified atom stereocenters. The van der Waals surface area contributed by atoms with E-state index in [-0.39, 0.29) is 41.1 Å². The highest BCUT2D eigenvalue weighted by molar-refractivity contribution is 6.03. The summed E-state index contributed by atoms with van der Waals surface area (Å²) in [4.78, 5) is 47.8. The molecule has 0 spiro atoms. The largest absolute Gasteiger partial charge is 0.495 e. The van der Waals surface area contributed by atoms with Gasteiger partial charge in [-0.25, -0.2) is 13.8 Å². The highest BCUT2D eigenvalue weighted by atomic mass is 19.2. The minimum Gasteiger partial charge on any atom is -0.495 e. The van der Waals surface area contributed by atoms with E-state index in [2.05, 4.69) is 35.6 Å². The number of anilines is 3. The number of methoxy groups -OCH3 is 1. The molecule has 2 heterocycles. The Hall–Kier alpha value is -4.79. The first-order valence-corrected chi connectivity index (χ1v) is 13.0. The maximum Gasteiger partial charge on any atom is 0.263 e. The SMILES string of the molecule is COc1cc(C(=O)NC2CCN(C)CC2)ccc1Nc1ncc(C(C)=O)c(NC(=O)COc2c(F)c(F)cc(F)c2F)n1. The van der Waals surface area contributed by atoms with Gasteiger partial charge in [0.2, 0.25) is 17.6 Å². The molecular formula is C28H28F4N6O5. The van der Waals surface area contributed by atoms with Crippen LogP contribution in [0.2, 0.25) is 0 Å². The van der Waals surface area contributed by atoms with Crippen LogP contribution in [-0.4, -0.2) is 72.4 Å². The lowest BCUT2D eigenvalue weighted by molar-refractivity contribution is -0.118. The summed E-state index contributed by atoms with van der Waals surface area (Å²) < 4.78 is 64.6. The number of Topliss-reactive ketones (excluding diaryl/α,β-unsaturated/α-hetero) is 1. The molecule has 0 atom stereocenters. The number of aromatic nitrogens is 2. The molecule has 0 bridgehead atoms. The second kappa shape index (κ2) is 13.5. The summed E-state index contributed by atoms with van der Waals surface area (Å²) in [7, 11) is 3.43. The monoisotopic (exact) mass is 604 g/mol. The number of nitrogens with zero attached hydrogens (tertiary/aromatic N) is 3. The van der Waals surface area contributed by atoms with Crippen molar-refractivity contribution in [2.75, 3.05) is 44.5 Å². The Morgan fingerprint density at radius 1 is 1.05 bits per heavy atom. The average Bonchev–Trinajstić information content (AvgIpc) is 2.97. The van der Waals surface area contributed by atoms with E-state index < -0.39 is 47.3 Å². The molecule has 1 aromatic heterocycles. The molecule has 15 heteroatoms. The van der Waals surface area contributed by atoms with Gasteiger partial charge in [-0.15, -0.1) is 0 Å². The highest BCUT2D eigenvalue weighted by Crippen LogP contribution is 2.29. The quantitative estimate of drug-likeness (QED) is 0.179. The van der Waals surface area contributed by atoms with Crippen molar-refractivity contribution in [2.24, 2.45) is 0 Å². The van der Waals surface area contributed by atoms with Crippen molar-refractivity contribution >= 4 is 35.1 Å². The van der Waals surface area contributed by atoms with Crippen LogP contribution in [0, 0.1) is 23.3 Å². The van der Waals surface area contributed by atoms with E-state index >= 15 is 0 Å². The smallest absolute Gasteiger partial charge is 0.263 e. The van der Waals surface area contributed by atoms with Crippen molar-refractivity contribution in [3.8, 4) is 11.5 Å². The maximum atomic E-state index is 13.9. The highest BCUT2D eigenvalue weighted by Gasteiger charge is 2.23. The first-order chi connectivity index (χ1) is 20.5. The average molecular weight is 605 g/mol. The van der Waals surface area contributed by atoms with E-state index in [0.29, 0.717) is 11.3 Å². The third-order valence-electron chi connectivity index (χ3n) is 6.61. The lowest BCUT2D eigenvalue weighted by Crippen LogP contribution is -2.43. The van der Waals surface area contributed by atoms with Crippen molar-refractivity contribution in [1.82, 2.24) is 20.2 Å². The molecule has 2 amide bonds. The summed E-state index contributed by atoms with van der Waals surface area (Å²) in [5.41, 5.74) is 0.614. The van der Waals surface area contributed by atoms with Crippen LogP contribution < -0.4 is 25.4 Å². The van der Waals surface area contributed by atoms with Crippen LogP contribution in [0.15, 0.2) is 30.5 Å². The molecular weight excluding hydrogens is 576 g/mol. The van der Waals surface area contributed by atoms with Gasteiger partial charge in [-0.1, -0.05) is 0 Å². The Morgan fingerprint density at radius 2 is 1.72 bits per heavy atom. The summed E-state index contributed by atoms with van der Waals surface area (Å²) in [5.74, 6) is -10.4. The number of hydrogen-bond donors (Lipinski definition) is 3. The minimum atomic E-state index is -1.82. The van der Waals surface area contributed by atoms with Gasteiger partial charge in [0.05, 0.1) is 18.4 Å². The summed E-state index contributed by atoms with van der Waals surface area (Å²) >= 11 is 0. The molecule has 1 fully saturated rings. The van der Waals surface area contributed by atoms with E-state index in [9.17, 15) is 31.9 Å². The van der Waals surface area contributed by atoms with Crippen molar-refractivity contribution < 1.29 is 41.4 Å². The predicted molar refractivity (Wildman–Crippen MR) is 147 cm³/mol. The Labute approximate surface area is 243 Å². The predicted octanol–water partition coefficient (Wildman–Crippen LogP) is 3.83. The molecule has 11 nitrogen and oxygen atoms in total. The van der Waals surface area contributed by atoms with Crippen LogP contribution in [0.3, 0.4) is 0 Å². The van der Waals surface area contributed by atoms with Gasteiger partial charge in [0.1, 0.15) is 11.6 Å². The number of likely N-dealkylation sites (tertiary alicyclic amines) is 1. The zero-order chi connectivity index (χ0) is 31.3. The van der Waals surface area contributed by atoms with E-state index in [0.717, 1.165) is 32.1 Å². The third-order valence-corrected chi connectivity index (χ3v) is 6.61. The molecule has 228 valence electrons. The number of amides is 2. The molecule has 43 heavy (non-hydrogen) atoms. The number of piperidine rings is 1. The molecule has 3 aromatic rings. The Kier molecular flexibility index (Phi) is 9.75. The normalized spacial score (nSPS) is 13.7. The standard InChI is InChI=1S/C28H28F4N6O5/c1-14(39)17-12-33-28(37-26(17)36-22(40)13-43-25-23(31)18(29)11-19(30)24(25)32)35-20-5-4-15(10-21(20)42-3)27(41)34-16-6-8-38(2)9-7-16/h4-5,10-12,16H,6-9,13H2,1-3H3,(H,34,41)(H2,33,35,36,37,40). The van der Waals surface area contributed by atoms with Crippen molar-refractivity contribution in [3.05, 3.63) is 64.9 Å². The van der Waals surface area contributed by atoms with Crippen molar-refractivity contribution in [1.29, 1.82) is 0 Å². The molecule has 4 rings (SSSR count). The number of carbonyl (C=O) groups is 3. The number of ether oxygens (including phenoxy) is 2. The summed E-state index contributed by atoms with van der Waals surface area (Å²) in [6, 6.07) is 4.74. The van der Waals surface area contributed by atoms with Crippen LogP contribution >= 0.6 is 0 Å². The van der Waals surface area contributed by atoms with Gasteiger partial charge in [-0.2, -0.15) is 13.8 Å². The van der Waals surface area contributed by atoms with Crippen molar-refractivity contribution in [3.63, 3.8) is 0 Å². The zero-order valence-electron chi connectivity index (χ0n) is 23.4. The van der Waals surface area contributed by atoms with Gasteiger partial charge < -0.3 is 30.3 Å². The van der Waals surface area contributed by atoms with Gasteiger partial charge in [0.15, 0.2) is 29.8 Å². The molecule has 0 radical (unpaired) electrons. The molecule has 3 N–H and O–H groups in total. The first kappa shape index (κ1) is 31.2. The fraction of sp³-hybridized carbons (Fsp3) is 0.321. The van der Waals surface area contributed by atoms with Crippen LogP contribution in [0.25, 0.3) is 0 Å². The van der Waals surface area contributed by atoms with E-state index in [1.165, 1.54) is 20.1 Å². The fourth-order valence-electron chi connectivity index (χ4n) is 4.26. The minimum absolute atomic E-state index is 0.0000850. The number of carbonyl (C=O) groups excluding carboxylic acids is 3. The van der Waals surface area contributed by atoms with Crippen LogP contribution in [0.1, 0.15) is 40.5 Å². The van der Waals surface area contributed by atoms with Gasteiger partial charge in [0, 0.05) is 23.9 Å². The molecule has 1 aliphatic heterocycles. The Balaban J connectivity index is 1.47. The van der Waals surface area contributed by atoms with Crippen LogP contribution in [0.4, 0.5) is 35.0 Å². The summed E-state index contributed by atoms with van der Waals surface area (Å²) in [6.45, 7) is 1.89. The first-order valence-electron chi connectivity index (χ1n) is 13.0. The summed E-state index contributed by atoms with van der Waals surface area (Å²) in [5, 5.41) is 8.16. The lowest BCUT2D eigenvalue weighted by atomic mass is 10.0. The van der Waals surface area contributed by atoms with Crippen molar-refractivity contribution in [2.45, 2.75) is 25.8 Å². The maximum absolute atomic E-state index is 13.9. The molecule has 1 aliphatic rings. The second-order valence-corrected chi connectivity index (χ2v) is 9.74. The Bertz CT molecular complexity index is 1520. The number of benzene rings is 2. The van der Waals surface area contributed by atoms with Crippen LogP contribution in [-0.2, 0) is 4.79 Å².